The maximum atomic E-state index is 12.8. The van der Waals surface area contributed by atoms with Crippen molar-refractivity contribution in [1.29, 1.82) is 0 Å². The summed E-state index contributed by atoms with van der Waals surface area (Å²) >= 11 is 0. The topological polar surface area (TPSA) is 84.0 Å². The van der Waals surface area contributed by atoms with Crippen LogP contribution in [0.15, 0.2) is 59.5 Å². The molecule has 1 aliphatic rings. The van der Waals surface area contributed by atoms with E-state index in [1.165, 1.54) is 17.0 Å². The third kappa shape index (κ3) is 5.14. The lowest BCUT2D eigenvalue weighted by Crippen LogP contribution is -2.36. The predicted octanol–water partition coefficient (Wildman–Crippen LogP) is 2.71. The van der Waals surface area contributed by atoms with E-state index in [0.717, 1.165) is 11.8 Å². The fourth-order valence-electron chi connectivity index (χ4n) is 3.26. The van der Waals surface area contributed by atoms with Crippen LogP contribution in [0.4, 0.5) is 10.5 Å². The second-order valence-electron chi connectivity index (χ2n) is 7.14. The highest BCUT2D eigenvalue weighted by atomic mass is 32.2. The molecule has 2 amide bonds. The van der Waals surface area contributed by atoms with Crippen LogP contribution in [0, 0.1) is 5.92 Å². The number of amides is 2. The Morgan fingerprint density at radius 2 is 1.76 bits per heavy atom. The maximum absolute atomic E-state index is 12.8. The minimum atomic E-state index is -3.29. The van der Waals surface area contributed by atoms with E-state index in [-0.39, 0.29) is 23.3 Å². The summed E-state index contributed by atoms with van der Waals surface area (Å²) in [7, 11) is -1.64. The van der Waals surface area contributed by atoms with Gasteiger partial charge in [0.25, 0.3) is 0 Å². The quantitative estimate of drug-likeness (QED) is 0.748. The van der Waals surface area contributed by atoms with Gasteiger partial charge < -0.3 is 14.5 Å². The van der Waals surface area contributed by atoms with Gasteiger partial charge in [-0.3, -0.25) is 4.79 Å². The molecular weight excluding hydrogens is 392 g/mol. The van der Waals surface area contributed by atoms with E-state index in [4.69, 9.17) is 4.74 Å². The van der Waals surface area contributed by atoms with Crippen molar-refractivity contribution in [2.24, 2.45) is 5.92 Å². The van der Waals surface area contributed by atoms with Gasteiger partial charge in [-0.15, -0.1) is 0 Å². The number of likely N-dealkylation sites (tertiary alicyclic amines) is 1. The second kappa shape index (κ2) is 8.65. The molecule has 0 saturated carbocycles. The van der Waals surface area contributed by atoms with Gasteiger partial charge in [0.15, 0.2) is 9.84 Å². The summed E-state index contributed by atoms with van der Waals surface area (Å²) in [6.07, 6.45) is 1.27. The Balaban J connectivity index is 1.56. The van der Waals surface area contributed by atoms with Gasteiger partial charge in [-0.2, -0.15) is 0 Å². The Bertz CT molecular complexity index is 974. The number of hydrogen-bond acceptors (Lipinski definition) is 5. The van der Waals surface area contributed by atoms with Crippen LogP contribution in [0.25, 0.3) is 0 Å². The van der Waals surface area contributed by atoms with Crippen LogP contribution in [-0.2, 0) is 26.0 Å². The van der Waals surface area contributed by atoms with Crippen molar-refractivity contribution in [3.05, 3.63) is 60.2 Å². The first-order valence-corrected chi connectivity index (χ1v) is 11.2. The molecule has 0 radical (unpaired) electrons. The summed E-state index contributed by atoms with van der Waals surface area (Å²) in [5.74, 6) is -0.436. The number of anilines is 1. The van der Waals surface area contributed by atoms with Crippen LogP contribution in [0.2, 0.25) is 0 Å². The molecule has 1 aliphatic heterocycles. The molecule has 3 rings (SSSR count). The van der Waals surface area contributed by atoms with E-state index in [0.29, 0.717) is 25.2 Å². The smallest absolute Gasteiger partial charge is 0.410 e. The average molecular weight is 416 g/mol. The standard InChI is InChI=1S/C21H24N2O5S/c1-22(18-8-10-19(11-9-18)29(2,26)27)20(24)17-12-13-23(14-17)21(25)28-15-16-6-4-3-5-7-16/h3-11,17H,12-15H2,1-2H3. The van der Waals surface area contributed by atoms with E-state index in [1.807, 2.05) is 30.3 Å². The molecule has 1 atom stereocenters. The monoisotopic (exact) mass is 416 g/mol. The molecule has 7 nitrogen and oxygen atoms in total. The normalized spacial score (nSPS) is 16.5. The number of ether oxygens (including phenoxy) is 1. The van der Waals surface area contributed by atoms with Crippen LogP contribution in [0.5, 0.6) is 0 Å². The molecule has 0 aliphatic carbocycles. The molecular formula is C21H24N2O5S. The fraction of sp³-hybridized carbons (Fsp3) is 0.333. The number of hydrogen-bond donors (Lipinski definition) is 0. The Kier molecular flexibility index (Phi) is 6.22. The van der Waals surface area contributed by atoms with Crippen LogP contribution < -0.4 is 4.90 Å². The van der Waals surface area contributed by atoms with E-state index in [9.17, 15) is 18.0 Å². The van der Waals surface area contributed by atoms with Crippen molar-refractivity contribution < 1.29 is 22.7 Å². The Morgan fingerprint density at radius 1 is 1.10 bits per heavy atom. The van der Waals surface area contributed by atoms with Gasteiger partial charge in [0.05, 0.1) is 10.8 Å². The maximum Gasteiger partial charge on any atom is 0.410 e. The highest BCUT2D eigenvalue weighted by Gasteiger charge is 2.33. The van der Waals surface area contributed by atoms with Crippen molar-refractivity contribution >= 4 is 27.5 Å². The van der Waals surface area contributed by atoms with Crippen molar-refractivity contribution in [2.45, 2.75) is 17.9 Å². The van der Waals surface area contributed by atoms with Crippen LogP contribution in [-0.4, -0.2) is 51.7 Å². The van der Waals surface area contributed by atoms with Crippen molar-refractivity contribution in [1.82, 2.24) is 4.90 Å². The van der Waals surface area contributed by atoms with Gasteiger partial charge >= 0.3 is 6.09 Å². The molecule has 1 unspecified atom stereocenters. The van der Waals surface area contributed by atoms with Gasteiger partial charge in [0, 0.05) is 32.1 Å². The van der Waals surface area contributed by atoms with E-state index in [1.54, 1.807) is 24.1 Å². The molecule has 2 aromatic carbocycles. The van der Waals surface area contributed by atoms with Crippen LogP contribution in [0.3, 0.4) is 0 Å². The summed E-state index contributed by atoms with van der Waals surface area (Å²) < 4.78 is 28.5. The third-order valence-electron chi connectivity index (χ3n) is 4.98. The lowest BCUT2D eigenvalue weighted by Gasteiger charge is -2.22. The molecule has 0 aromatic heterocycles. The molecule has 0 spiro atoms. The van der Waals surface area contributed by atoms with Gasteiger partial charge in [0.2, 0.25) is 5.91 Å². The zero-order valence-electron chi connectivity index (χ0n) is 16.4. The van der Waals surface area contributed by atoms with E-state index >= 15 is 0 Å². The number of carbonyl (C=O) groups is 2. The molecule has 154 valence electrons. The SMILES string of the molecule is CN(C(=O)C1CCN(C(=O)OCc2ccccc2)C1)c1ccc(S(C)(=O)=O)cc1. The minimum Gasteiger partial charge on any atom is -0.445 e. The lowest BCUT2D eigenvalue weighted by molar-refractivity contribution is -0.121. The predicted molar refractivity (Wildman–Crippen MR) is 109 cm³/mol. The second-order valence-corrected chi connectivity index (χ2v) is 9.15. The molecule has 0 bridgehead atoms. The first kappa shape index (κ1) is 20.9. The highest BCUT2D eigenvalue weighted by Crippen LogP contribution is 2.23. The van der Waals surface area contributed by atoms with E-state index < -0.39 is 15.9 Å². The molecule has 29 heavy (non-hydrogen) atoms. The van der Waals surface area contributed by atoms with Gasteiger partial charge in [-0.1, -0.05) is 30.3 Å². The number of carbonyl (C=O) groups excluding carboxylic acids is 2. The molecule has 1 heterocycles. The third-order valence-corrected chi connectivity index (χ3v) is 6.11. The zero-order chi connectivity index (χ0) is 21.0. The van der Waals surface area contributed by atoms with E-state index in [2.05, 4.69) is 0 Å². The minimum absolute atomic E-state index is 0.115. The van der Waals surface area contributed by atoms with Crippen LogP contribution >= 0.6 is 0 Å². The fourth-order valence-corrected chi connectivity index (χ4v) is 3.89. The first-order valence-electron chi connectivity index (χ1n) is 9.29. The lowest BCUT2D eigenvalue weighted by atomic mass is 10.1. The first-order chi connectivity index (χ1) is 13.8. The van der Waals surface area contributed by atoms with Gasteiger partial charge in [-0.25, -0.2) is 13.2 Å². The van der Waals surface area contributed by atoms with Gasteiger partial charge in [-0.05, 0) is 36.2 Å². The summed E-state index contributed by atoms with van der Waals surface area (Å²) in [4.78, 5) is 28.3. The summed E-state index contributed by atoms with van der Waals surface area (Å²) in [6.45, 7) is 0.963. The molecule has 1 saturated heterocycles. The highest BCUT2D eigenvalue weighted by molar-refractivity contribution is 7.90. The summed E-state index contributed by atoms with van der Waals surface area (Å²) in [5, 5.41) is 0. The Hall–Kier alpha value is -2.87. The van der Waals surface area contributed by atoms with Crippen molar-refractivity contribution in [2.75, 3.05) is 31.3 Å². The number of benzene rings is 2. The average Bonchev–Trinajstić information content (AvgIpc) is 3.21. The number of sulfone groups is 1. The molecule has 0 N–H and O–H groups in total. The largest absolute Gasteiger partial charge is 0.445 e. The summed E-state index contributed by atoms with van der Waals surface area (Å²) in [6, 6.07) is 15.6. The van der Waals surface area contributed by atoms with Crippen LogP contribution in [0.1, 0.15) is 12.0 Å². The Labute approximate surface area is 170 Å². The molecule has 2 aromatic rings. The zero-order valence-corrected chi connectivity index (χ0v) is 17.3. The number of nitrogens with zero attached hydrogens (tertiary/aromatic N) is 2. The molecule has 1 fully saturated rings. The summed E-state index contributed by atoms with van der Waals surface area (Å²) in [5.41, 5.74) is 1.51. The van der Waals surface area contributed by atoms with Crippen molar-refractivity contribution in [3.63, 3.8) is 0 Å². The Morgan fingerprint density at radius 3 is 2.38 bits per heavy atom. The molecule has 8 heteroatoms. The van der Waals surface area contributed by atoms with Crippen molar-refractivity contribution in [3.8, 4) is 0 Å². The van der Waals surface area contributed by atoms with Gasteiger partial charge in [0.1, 0.15) is 6.61 Å². The number of rotatable bonds is 5.